The molecule has 8 aromatic rings. The van der Waals surface area contributed by atoms with E-state index in [2.05, 4.69) is 121 Å². The second kappa shape index (κ2) is 7.54. The van der Waals surface area contributed by atoms with Gasteiger partial charge < -0.3 is 8.83 Å². The maximum absolute atomic E-state index is 6.39. The summed E-state index contributed by atoms with van der Waals surface area (Å²) >= 11 is 0. The molecule has 0 bridgehead atoms. The molecule has 41 heavy (non-hydrogen) atoms. The van der Waals surface area contributed by atoms with Crippen molar-refractivity contribution in [1.29, 1.82) is 0 Å². The van der Waals surface area contributed by atoms with Gasteiger partial charge in [-0.05, 0) is 79.4 Å². The van der Waals surface area contributed by atoms with E-state index in [1.165, 1.54) is 64.5 Å². The van der Waals surface area contributed by atoms with Gasteiger partial charge in [-0.3, -0.25) is 0 Å². The molecule has 0 N–H and O–H groups in total. The largest absolute Gasteiger partial charge is 0.456 e. The molecule has 0 radical (unpaired) electrons. The predicted octanol–water partition coefficient (Wildman–Crippen LogP) is 7.33. The van der Waals surface area contributed by atoms with Crippen molar-refractivity contribution in [2.75, 3.05) is 0 Å². The van der Waals surface area contributed by atoms with Gasteiger partial charge in [-0.25, -0.2) is 0 Å². The van der Waals surface area contributed by atoms with Crippen molar-refractivity contribution >= 4 is 84.8 Å². The van der Waals surface area contributed by atoms with Crippen LogP contribution in [-0.2, 0) is 0 Å². The van der Waals surface area contributed by atoms with Crippen LogP contribution in [0.1, 0.15) is 11.1 Å². The molecule has 6 aromatic carbocycles. The van der Waals surface area contributed by atoms with Gasteiger partial charge in [0.1, 0.15) is 22.3 Å². The molecular formula is C38H22O2Si. The minimum absolute atomic E-state index is 0.932. The van der Waals surface area contributed by atoms with Crippen molar-refractivity contribution in [2.45, 2.75) is 0 Å². The maximum atomic E-state index is 6.39. The van der Waals surface area contributed by atoms with Crippen molar-refractivity contribution in [3.8, 4) is 11.1 Å². The van der Waals surface area contributed by atoms with E-state index in [1.807, 2.05) is 12.1 Å². The first-order chi connectivity index (χ1) is 20.3. The SMILES string of the molecule is C1=Cc2cc3oc4ccccc4c3cc2[Si]2(c3cc4c(cc31)oc1ccccc14)c1ccccc1-c1ccccc12. The highest BCUT2D eigenvalue weighted by atomic mass is 28.3. The third-order valence-electron chi connectivity index (χ3n) is 9.30. The van der Waals surface area contributed by atoms with Crippen LogP contribution in [0.5, 0.6) is 0 Å². The molecule has 0 aliphatic carbocycles. The van der Waals surface area contributed by atoms with Crippen LogP contribution in [0.15, 0.2) is 130 Å². The summed E-state index contributed by atoms with van der Waals surface area (Å²) in [6.45, 7) is 0. The molecule has 10 rings (SSSR count). The molecule has 0 fully saturated rings. The number of hydrogen-bond acceptors (Lipinski definition) is 2. The molecule has 190 valence electrons. The topological polar surface area (TPSA) is 26.3 Å². The van der Waals surface area contributed by atoms with E-state index in [0.717, 1.165) is 22.3 Å². The summed E-state index contributed by atoms with van der Waals surface area (Å²) in [6, 6.07) is 44.4. The second-order valence-corrected chi connectivity index (χ2v) is 14.9. The molecule has 2 aliphatic rings. The molecular weight excluding hydrogens is 517 g/mol. The Labute approximate surface area is 236 Å². The molecule has 1 spiro atoms. The standard InChI is InChI=1S/C38H22O2Si/c1-5-13-31-25(9-1)29-21-37-23(19-33(29)39-31)17-18-24-20-34-30(26-10-2-6-14-32(26)40-34)22-38(24)41(37)35-15-7-3-11-27(35)28-12-4-8-16-36(28)41/h1-22H. The van der Waals surface area contributed by atoms with Crippen molar-refractivity contribution < 1.29 is 8.83 Å². The lowest BCUT2D eigenvalue weighted by Crippen LogP contribution is -2.73. The van der Waals surface area contributed by atoms with Gasteiger partial charge in [0.25, 0.3) is 0 Å². The average Bonchev–Trinajstić information content (AvgIpc) is 3.63. The fraction of sp³-hybridized carbons (Fsp3) is 0. The van der Waals surface area contributed by atoms with Gasteiger partial charge in [-0.1, -0.05) is 97.1 Å². The normalized spacial score (nSPS) is 14.4. The molecule has 0 saturated heterocycles. The van der Waals surface area contributed by atoms with Crippen LogP contribution in [0.4, 0.5) is 0 Å². The number of fused-ring (bicyclic) bond motifs is 15. The summed E-state index contributed by atoms with van der Waals surface area (Å²) in [4.78, 5) is 0. The smallest absolute Gasteiger partial charge is 0.182 e. The minimum Gasteiger partial charge on any atom is -0.456 e. The number of benzene rings is 6. The van der Waals surface area contributed by atoms with Crippen molar-refractivity contribution in [2.24, 2.45) is 0 Å². The van der Waals surface area contributed by atoms with Crippen LogP contribution >= 0.6 is 0 Å². The number of rotatable bonds is 0. The highest BCUT2D eigenvalue weighted by molar-refractivity contribution is 7.23. The van der Waals surface area contributed by atoms with Gasteiger partial charge in [0.05, 0.1) is 0 Å². The predicted molar refractivity (Wildman–Crippen MR) is 173 cm³/mol. The van der Waals surface area contributed by atoms with Crippen LogP contribution in [0.25, 0.3) is 67.2 Å². The van der Waals surface area contributed by atoms with Crippen LogP contribution in [0.3, 0.4) is 0 Å². The van der Waals surface area contributed by atoms with Gasteiger partial charge in [-0.15, -0.1) is 0 Å². The summed E-state index contributed by atoms with van der Waals surface area (Å²) in [6.07, 6.45) is 4.58. The third-order valence-corrected chi connectivity index (χ3v) is 14.3. The second-order valence-electron chi connectivity index (χ2n) is 11.2. The molecule has 0 unspecified atom stereocenters. The van der Waals surface area contributed by atoms with E-state index in [0.29, 0.717) is 0 Å². The van der Waals surface area contributed by atoms with E-state index in [1.54, 1.807) is 0 Å². The van der Waals surface area contributed by atoms with E-state index in [-0.39, 0.29) is 0 Å². The Morgan fingerprint density at radius 1 is 0.366 bits per heavy atom. The zero-order valence-electron chi connectivity index (χ0n) is 22.0. The van der Waals surface area contributed by atoms with Gasteiger partial charge >= 0.3 is 0 Å². The lowest BCUT2D eigenvalue weighted by atomic mass is 10.1. The molecule has 2 nitrogen and oxygen atoms in total. The molecule has 3 heteroatoms. The first kappa shape index (κ1) is 21.7. The van der Waals surface area contributed by atoms with Gasteiger partial charge in [0, 0.05) is 21.5 Å². The quantitative estimate of drug-likeness (QED) is 0.189. The fourth-order valence-electron chi connectivity index (χ4n) is 7.64. The summed E-state index contributed by atoms with van der Waals surface area (Å²) < 4.78 is 12.8. The van der Waals surface area contributed by atoms with Gasteiger partial charge in [-0.2, -0.15) is 0 Å². The first-order valence-electron chi connectivity index (χ1n) is 14.1. The highest BCUT2D eigenvalue weighted by Crippen LogP contribution is 2.37. The Balaban J connectivity index is 1.44. The molecule has 2 aliphatic heterocycles. The maximum Gasteiger partial charge on any atom is 0.182 e. The monoisotopic (exact) mass is 538 g/mol. The van der Waals surface area contributed by atoms with Crippen LogP contribution in [0.2, 0.25) is 0 Å². The lowest BCUT2D eigenvalue weighted by Gasteiger charge is -2.33. The van der Waals surface area contributed by atoms with E-state index in [9.17, 15) is 0 Å². The van der Waals surface area contributed by atoms with Crippen LogP contribution in [-0.4, -0.2) is 8.07 Å². The van der Waals surface area contributed by atoms with Gasteiger partial charge in [0.15, 0.2) is 8.07 Å². The molecule has 0 amide bonds. The number of furan rings is 2. The summed E-state index contributed by atoms with van der Waals surface area (Å²) in [5.74, 6) is 0. The summed E-state index contributed by atoms with van der Waals surface area (Å²) in [5, 5.41) is 10.4. The Morgan fingerprint density at radius 2 is 0.805 bits per heavy atom. The fourth-order valence-corrected chi connectivity index (χ4v) is 13.2. The Morgan fingerprint density at radius 3 is 1.32 bits per heavy atom. The van der Waals surface area contributed by atoms with Crippen LogP contribution < -0.4 is 20.7 Å². The minimum atomic E-state index is -2.75. The zero-order valence-corrected chi connectivity index (χ0v) is 23.0. The molecule has 2 aromatic heterocycles. The van der Waals surface area contributed by atoms with Crippen LogP contribution in [0, 0.1) is 0 Å². The Kier molecular flexibility index (Phi) is 3.98. The Hall–Kier alpha value is -5.12. The van der Waals surface area contributed by atoms with E-state index < -0.39 is 8.07 Å². The lowest BCUT2D eigenvalue weighted by molar-refractivity contribution is 0.668. The van der Waals surface area contributed by atoms with E-state index in [4.69, 9.17) is 8.83 Å². The van der Waals surface area contributed by atoms with Crippen molar-refractivity contribution in [3.63, 3.8) is 0 Å². The zero-order chi connectivity index (χ0) is 26.7. The molecule has 4 heterocycles. The van der Waals surface area contributed by atoms with E-state index >= 15 is 0 Å². The summed E-state index contributed by atoms with van der Waals surface area (Å²) in [5.41, 5.74) is 8.89. The highest BCUT2D eigenvalue weighted by Gasteiger charge is 2.51. The Bertz CT molecular complexity index is 2270. The average molecular weight is 539 g/mol. The summed E-state index contributed by atoms with van der Waals surface area (Å²) in [7, 11) is -2.75. The number of para-hydroxylation sites is 2. The number of hydrogen-bond donors (Lipinski definition) is 0. The molecule has 0 atom stereocenters. The van der Waals surface area contributed by atoms with Crippen molar-refractivity contribution in [3.05, 3.63) is 132 Å². The third kappa shape index (κ3) is 2.62. The van der Waals surface area contributed by atoms with Crippen molar-refractivity contribution in [1.82, 2.24) is 0 Å². The van der Waals surface area contributed by atoms with Gasteiger partial charge in [0.2, 0.25) is 0 Å². The molecule has 0 saturated carbocycles. The first-order valence-corrected chi connectivity index (χ1v) is 16.1.